The molecule has 9 nitrogen and oxygen atoms in total. The number of nitrogens with zero attached hydrogens (tertiary/aromatic N) is 1. The van der Waals surface area contributed by atoms with Crippen molar-refractivity contribution in [2.45, 2.75) is 39.0 Å². The monoisotopic (exact) mass is 644 g/mol. The molecule has 4 aromatic carbocycles. The molecule has 246 valence electrons. The topological polar surface area (TPSA) is 111 Å². The lowest BCUT2D eigenvalue weighted by molar-refractivity contribution is 0.0949. The Balaban J connectivity index is 1.24. The molecule has 1 atom stereocenters. The van der Waals surface area contributed by atoms with Crippen LogP contribution in [0.4, 0.5) is 27.7 Å². The van der Waals surface area contributed by atoms with Crippen LogP contribution in [0.25, 0.3) is 10.8 Å². The predicted molar refractivity (Wildman–Crippen MR) is 190 cm³/mol. The quantitative estimate of drug-likeness (QED) is 0.130. The van der Waals surface area contributed by atoms with Gasteiger partial charge in [-0.15, -0.1) is 0 Å². The van der Waals surface area contributed by atoms with E-state index in [1.165, 1.54) is 7.11 Å². The van der Waals surface area contributed by atoms with Crippen LogP contribution in [-0.2, 0) is 10.2 Å². The third-order valence-electron chi connectivity index (χ3n) is 8.34. The first-order chi connectivity index (χ1) is 23.2. The number of carbonyl (C=O) groups excluding carboxylic acids is 2. The van der Waals surface area contributed by atoms with E-state index in [2.05, 4.69) is 41.7 Å². The van der Waals surface area contributed by atoms with Gasteiger partial charge < -0.3 is 30.2 Å². The first-order valence-corrected chi connectivity index (χ1v) is 16.1. The molecule has 0 unspecified atom stereocenters. The summed E-state index contributed by atoms with van der Waals surface area (Å²) in [5.41, 5.74) is 3.04. The summed E-state index contributed by atoms with van der Waals surface area (Å²) in [5, 5.41) is 10.9. The molecule has 9 heteroatoms. The van der Waals surface area contributed by atoms with Crippen molar-refractivity contribution in [1.82, 2.24) is 4.98 Å². The van der Waals surface area contributed by atoms with Gasteiger partial charge in [0.1, 0.15) is 17.3 Å². The van der Waals surface area contributed by atoms with Crippen molar-refractivity contribution in [2.24, 2.45) is 5.92 Å². The molecular weight excluding hydrogens is 604 g/mol. The van der Waals surface area contributed by atoms with E-state index < -0.39 is 6.03 Å². The fourth-order valence-electron chi connectivity index (χ4n) is 5.78. The van der Waals surface area contributed by atoms with E-state index in [0.717, 1.165) is 28.4 Å². The summed E-state index contributed by atoms with van der Waals surface area (Å²) >= 11 is 0. The number of rotatable bonds is 10. The summed E-state index contributed by atoms with van der Waals surface area (Å²) in [6.07, 6.45) is 2.90. The lowest BCUT2D eigenvalue weighted by Gasteiger charge is -2.24. The molecule has 2 heterocycles. The summed E-state index contributed by atoms with van der Waals surface area (Å²) in [7, 11) is 1.51. The Kier molecular flexibility index (Phi) is 9.59. The van der Waals surface area contributed by atoms with Gasteiger partial charge in [0.05, 0.1) is 24.0 Å². The number of nitrogens with one attached hydrogen (secondary N) is 3. The van der Waals surface area contributed by atoms with Crippen molar-refractivity contribution >= 4 is 45.5 Å². The minimum absolute atomic E-state index is 0.0318. The van der Waals surface area contributed by atoms with Crippen LogP contribution < -0.4 is 25.4 Å². The van der Waals surface area contributed by atoms with Gasteiger partial charge in [0.2, 0.25) is 0 Å². The molecule has 0 spiro atoms. The highest BCUT2D eigenvalue weighted by Crippen LogP contribution is 2.38. The lowest BCUT2D eigenvalue weighted by atomic mass is 9.84. The fourth-order valence-corrected chi connectivity index (χ4v) is 5.78. The highest BCUT2D eigenvalue weighted by atomic mass is 16.5. The summed E-state index contributed by atoms with van der Waals surface area (Å²) in [6, 6.07) is 28.1. The highest BCUT2D eigenvalue weighted by molar-refractivity contribution is 6.09. The van der Waals surface area contributed by atoms with Gasteiger partial charge in [-0.25, -0.2) is 9.78 Å². The van der Waals surface area contributed by atoms with Gasteiger partial charge in [0, 0.05) is 48.4 Å². The lowest BCUT2D eigenvalue weighted by Crippen LogP contribution is -2.22. The van der Waals surface area contributed by atoms with Gasteiger partial charge in [-0.1, -0.05) is 63.2 Å². The number of amides is 2. The molecule has 0 aliphatic carbocycles. The van der Waals surface area contributed by atoms with Crippen molar-refractivity contribution in [2.75, 3.05) is 36.3 Å². The highest BCUT2D eigenvalue weighted by Gasteiger charge is 2.27. The molecule has 6 rings (SSSR count). The molecule has 1 saturated heterocycles. The van der Waals surface area contributed by atoms with Crippen LogP contribution in [0.1, 0.15) is 49.5 Å². The SMILES string of the molecule is COc1c(NC(=O)Nc2ccc(Oc3ccnc(Nc4ccccc4)c3)c3ccccc23)cc(C(C)(C)C)cc1C(=O)C[C@@H]1CCOC1. The molecule has 48 heavy (non-hydrogen) atoms. The van der Waals surface area contributed by atoms with Crippen LogP contribution in [-0.4, -0.2) is 37.1 Å². The van der Waals surface area contributed by atoms with E-state index in [4.69, 9.17) is 14.2 Å². The minimum atomic E-state index is -0.466. The number of ether oxygens (including phenoxy) is 3. The van der Waals surface area contributed by atoms with E-state index in [0.29, 0.717) is 59.6 Å². The predicted octanol–water partition coefficient (Wildman–Crippen LogP) is 9.33. The number of ketones is 1. The first kappa shape index (κ1) is 32.5. The maximum atomic E-state index is 13.6. The molecule has 2 amide bonds. The number of para-hydroxylation sites is 1. The number of benzene rings is 4. The number of aromatic nitrogens is 1. The maximum Gasteiger partial charge on any atom is 0.323 e. The Morgan fingerprint density at radius 2 is 1.65 bits per heavy atom. The van der Waals surface area contributed by atoms with E-state index in [-0.39, 0.29) is 17.1 Å². The number of hydrogen-bond donors (Lipinski definition) is 3. The number of urea groups is 1. The summed E-state index contributed by atoms with van der Waals surface area (Å²) in [6.45, 7) is 7.45. The second-order valence-corrected chi connectivity index (χ2v) is 12.9. The second kappa shape index (κ2) is 14.1. The van der Waals surface area contributed by atoms with Crippen LogP contribution in [0.15, 0.2) is 97.2 Å². The van der Waals surface area contributed by atoms with Crippen LogP contribution in [0.3, 0.4) is 0 Å². The van der Waals surface area contributed by atoms with Crippen LogP contribution >= 0.6 is 0 Å². The normalized spacial score (nSPS) is 14.4. The average molecular weight is 645 g/mol. The van der Waals surface area contributed by atoms with Crippen molar-refractivity contribution in [3.63, 3.8) is 0 Å². The second-order valence-electron chi connectivity index (χ2n) is 12.9. The van der Waals surface area contributed by atoms with E-state index in [9.17, 15) is 9.59 Å². The van der Waals surface area contributed by atoms with Crippen molar-refractivity contribution in [1.29, 1.82) is 0 Å². The van der Waals surface area contributed by atoms with Gasteiger partial charge in [-0.2, -0.15) is 0 Å². The molecule has 0 saturated carbocycles. The summed E-state index contributed by atoms with van der Waals surface area (Å²) in [5.74, 6) is 2.38. The molecule has 1 aliphatic rings. The third-order valence-corrected chi connectivity index (χ3v) is 8.34. The molecule has 0 bridgehead atoms. The first-order valence-electron chi connectivity index (χ1n) is 16.1. The number of carbonyl (C=O) groups is 2. The van der Waals surface area contributed by atoms with Crippen LogP contribution in [0.2, 0.25) is 0 Å². The van der Waals surface area contributed by atoms with Gasteiger partial charge in [0.25, 0.3) is 0 Å². The Hall–Kier alpha value is -5.41. The molecule has 3 N–H and O–H groups in total. The molecule has 1 aromatic heterocycles. The van der Waals surface area contributed by atoms with Crippen molar-refractivity contribution in [3.8, 4) is 17.2 Å². The number of fused-ring (bicyclic) bond motifs is 1. The smallest absolute Gasteiger partial charge is 0.323 e. The minimum Gasteiger partial charge on any atom is -0.494 e. The van der Waals surface area contributed by atoms with E-state index >= 15 is 0 Å². The summed E-state index contributed by atoms with van der Waals surface area (Å²) < 4.78 is 17.6. The van der Waals surface area contributed by atoms with Crippen LogP contribution in [0.5, 0.6) is 17.2 Å². The molecular formula is C39H40N4O5. The van der Waals surface area contributed by atoms with Gasteiger partial charge in [-0.3, -0.25) is 4.79 Å². The van der Waals surface area contributed by atoms with Crippen molar-refractivity contribution in [3.05, 3.63) is 108 Å². The zero-order valence-corrected chi connectivity index (χ0v) is 27.6. The van der Waals surface area contributed by atoms with E-state index in [1.54, 1.807) is 12.3 Å². The zero-order valence-electron chi connectivity index (χ0n) is 27.6. The Bertz CT molecular complexity index is 1930. The largest absolute Gasteiger partial charge is 0.494 e. The van der Waals surface area contributed by atoms with Crippen LogP contribution in [0, 0.1) is 5.92 Å². The Morgan fingerprint density at radius 1 is 0.896 bits per heavy atom. The maximum absolute atomic E-state index is 13.6. The number of methoxy groups -OCH3 is 1. The number of Topliss-reactive ketones (excluding diaryl/α,β-unsaturated/α-hetero) is 1. The number of anilines is 4. The molecule has 0 radical (unpaired) electrons. The fraction of sp³-hybridized carbons (Fsp3) is 0.256. The average Bonchev–Trinajstić information content (AvgIpc) is 3.59. The number of hydrogen-bond acceptors (Lipinski definition) is 7. The number of pyridine rings is 1. The molecule has 5 aromatic rings. The molecule has 1 fully saturated rings. The zero-order chi connectivity index (χ0) is 33.7. The Morgan fingerprint density at radius 3 is 2.38 bits per heavy atom. The Labute approximate surface area is 280 Å². The van der Waals surface area contributed by atoms with Gasteiger partial charge >= 0.3 is 6.03 Å². The van der Waals surface area contributed by atoms with E-state index in [1.807, 2.05) is 84.9 Å². The van der Waals surface area contributed by atoms with Crippen molar-refractivity contribution < 1.29 is 23.8 Å². The molecule has 1 aliphatic heterocycles. The summed E-state index contributed by atoms with van der Waals surface area (Å²) in [4.78, 5) is 31.5. The van der Waals surface area contributed by atoms with Gasteiger partial charge in [-0.05, 0) is 65.8 Å². The standard InChI is InChI=1S/C39H40N4O5/c1-39(2,3)26-21-31(34(44)20-25-17-19-47-24-25)37(46-4)33(22-26)43-38(45)42-32-14-15-35(30-13-9-8-12-29(30)32)48-28-16-18-40-36(23-28)41-27-10-6-5-7-11-27/h5-16,18,21-23,25H,17,19-20,24H2,1-4H3,(H,40,41)(H2,42,43,45)/t25-/m0/s1. The van der Waals surface area contributed by atoms with Gasteiger partial charge in [0.15, 0.2) is 11.5 Å². The third kappa shape index (κ3) is 7.58.